The van der Waals surface area contributed by atoms with Crippen LogP contribution in [-0.2, 0) is 0 Å². The maximum Gasteiger partial charge on any atom is 0.194 e. The van der Waals surface area contributed by atoms with Crippen LogP contribution >= 0.6 is 15.9 Å². The highest BCUT2D eigenvalue weighted by Crippen LogP contribution is 2.18. The van der Waals surface area contributed by atoms with E-state index in [2.05, 4.69) is 15.9 Å². The molecule has 0 aromatic heterocycles. The second-order valence-corrected chi connectivity index (χ2v) is 3.09. The number of aliphatic hydroxyl groups is 1. The van der Waals surface area contributed by atoms with E-state index in [0.717, 1.165) is 4.47 Å². The second-order valence-electron chi connectivity index (χ2n) is 2.17. The molecule has 1 aromatic rings. The van der Waals surface area contributed by atoms with Crippen molar-refractivity contribution in [2.45, 2.75) is 13.2 Å². The minimum atomic E-state index is -0.760. The van der Waals surface area contributed by atoms with E-state index >= 15 is 0 Å². The minimum Gasteiger partial charge on any atom is -0.465 e. The van der Waals surface area contributed by atoms with Gasteiger partial charge in [0.2, 0.25) is 0 Å². The first-order valence-electron chi connectivity index (χ1n) is 3.29. The quantitative estimate of drug-likeness (QED) is 0.769. The fourth-order valence-corrected chi connectivity index (χ4v) is 1.12. The van der Waals surface area contributed by atoms with Gasteiger partial charge in [0.1, 0.15) is 5.75 Å². The molecule has 0 aliphatic rings. The molecule has 0 amide bonds. The Hall–Kier alpha value is -0.540. The number of halogens is 1. The third-order valence-electron chi connectivity index (χ3n) is 1.10. The molecule has 1 atom stereocenters. The number of hydrogen-bond donors (Lipinski definition) is 1. The van der Waals surface area contributed by atoms with Gasteiger partial charge in [-0.3, -0.25) is 0 Å². The van der Waals surface area contributed by atoms with Gasteiger partial charge in [-0.15, -0.1) is 0 Å². The normalized spacial score (nSPS) is 12.6. The van der Waals surface area contributed by atoms with Gasteiger partial charge in [-0.1, -0.05) is 22.0 Å². The lowest BCUT2D eigenvalue weighted by Crippen LogP contribution is -2.09. The average molecular weight is 217 g/mol. The van der Waals surface area contributed by atoms with Gasteiger partial charge < -0.3 is 9.84 Å². The second kappa shape index (κ2) is 3.74. The summed E-state index contributed by atoms with van der Waals surface area (Å²) in [7, 11) is 0. The van der Waals surface area contributed by atoms with E-state index in [4.69, 9.17) is 9.84 Å². The van der Waals surface area contributed by atoms with Crippen molar-refractivity contribution in [3.8, 4) is 5.75 Å². The van der Waals surface area contributed by atoms with Crippen LogP contribution in [0.1, 0.15) is 6.92 Å². The Labute approximate surface area is 73.9 Å². The summed E-state index contributed by atoms with van der Waals surface area (Å²) in [6.07, 6.45) is -0.760. The van der Waals surface area contributed by atoms with Gasteiger partial charge in [0, 0.05) is 4.47 Å². The Bertz CT molecular complexity index is 235. The molecule has 2 nitrogen and oxygen atoms in total. The highest BCUT2D eigenvalue weighted by atomic mass is 79.9. The van der Waals surface area contributed by atoms with Crippen molar-refractivity contribution in [3.63, 3.8) is 0 Å². The van der Waals surface area contributed by atoms with E-state index < -0.39 is 6.29 Å². The van der Waals surface area contributed by atoms with Gasteiger partial charge in [-0.25, -0.2) is 0 Å². The molecule has 0 fully saturated rings. The summed E-state index contributed by atoms with van der Waals surface area (Å²) in [4.78, 5) is 0. The molecular weight excluding hydrogens is 208 g/mol. The summed E-state index contributed by atoms with van der Waals surface area (Å²) in [5.41, 5.74) is 0. The predicted molar refractivity (Wildman–Crippen MR) is 46.5 cm³/mol. The molecule has 0 aliphatic heterocycles. The molecule has 0 saturated carbocycles. The van der Waals surface area contributed by atoms with E-state index in [-0.39, 0.29) is 0 Å². The van der Waals surface area contributed by atoms with Gasteiger partial charge in [0.15, 0.2) is 6.29 Å². The SMILES string of the molecule is CC(O)Oc1cccc(Br)c1. The van der Waals surface area contributed by atoms with Crippen LogP contribution in [0.2, 0.25) is 0 Å². The number of ether oxygens (including phenoxy) is 1. The fraction of sp³-hybridized carbons (Fsp3) is 0.250. The highest BCUT2D eigenvalue weighted by molar-refractivity contribution is 9.10. The zero-order chi connectivity index (χ0) is 8.27. The third kappa shape index (κ3) is 2.91. The van der Waals surface area contributed by atoms with Gasteiger partial charge in [-0.05, 0) is 25.1 Å². The highest BCUT2D eigenvalue weighted by Gasteiger charge is 1.97. The molecule has 3 heteroatoms. The summed E-state index contributed by atoms with van der Waals surface area (Å²) in [5, 5.41) is 8.86. The summed E-state index contributed by atoms with van der Waals surface area (Å²) >= 11 is 3.29. The maximum absolute atomic E-state index is 8.86. The molecule has 1 unspecified atom stereocenters. The van der Waals surface area contributed by atoms with Crippen LogP contribution < -0.4 is 4.74 Å². The summed E-state index contributed by atoms with van der Waals surface area (Å²) in [6.45, 7) is 1.57. The topological polar surface area (TPSA) is 29.5 Å². The first-order chi connectivity index (χ1) is 5.18. The zero-order valence-electron chi connectivity index (χ0n) is 6.12. The first-order valence-corrected chi connectivity index (χ1v) is 4.08. The van der Waals surface area contributed by atoms with Gasteiger partial charge >= 0.3 is 0 Å². The molecule has 0 saturated heterocycles. The summed E-state index contributed by atoms with van der Waals surface area (Å²) in [6, 6.07) is 7.33. The van der Waals surface area contributed by atoms with Crippen LogP contribution in [0.3, 0.4) is 0 Å². The Kier molecular flexibility index (Phi) is 2.91. The molecule has 1 rings (SSSR count). The lowest BCUT2D eigenvalue weighted by molar-refractivity contribution is -0.000328. The number of rotatable bonds is 2. The Morgan fingerprint density at radius 2 is 2.27 bits per heavy atom. The van der Waals surface area contributed by atoms with E-state index in [1.165, 1.54) is 0 Å². The number of benzene rings is 1. The van der Waals surface area contributed by atoms with Gasteiger partial charge in [0.25, 0.3) is 0 Å². The minimum absolute atomic E-state index is 0.661. The van der Waals surface area contributed by atoms with Crippen LogP contribution in [-0.4, -0.2) is 11.4 Å². The molecule has 0 heterocycles. The van der Waals surface area contributed by atoms with Crippen molar-refractivity contribution in [1.29, 1.82) is 0 Å². The lowest BCUT2D eigenvalue weighted by atomic mass is 10.3. The first kappa shape index (κ1) is 8.56. The molecule has 0 spiro atoms. The number of aliphatic hydroxyl groups excluding tert-OH is 1. The zero-order valence-corrected chi connectivity index (χ0v) is 7.71. The van der Waals surface area contributed by atoms with Crippen molar-refractivity contribution in [1.82, 2.24) is 0 Å². The summed E-state index contributed by atoms with van der Waals surface area (Å²) < 4.78 is 5.96. The molecule has 60 valence electrons. The molecule has 0 aliphatic carbocycles. The predicted octanol–water partition coefficient (Wildman–Crippen LogP) is 2.17. The Morgan fingerprint density at radius 3 is 2.82 bits per heavy atom. The van der Waals surface area contributed by atoms with Crippen molar-refractivity contribution in [3.05, 3.63) is 28.7 Å². The maximum atomic E-state index is 8.86. The molecule has 11 heavy (non-hydrogen) atoms. The van der Waals surface area contributed by atoms with Crippen LogP contribution in [0.4, 0.5) is 0 Å². The molecular formula is C8H9BrO2. The molecule has 0 bridgehead atoms. The van der Waals surface area contributed by atoms with Crippen LogP contribution in [0.15, 0.2) is 28.7 Å². The van der Waals surface area contributed by atoms with E-state index in [1.807, 2.05) is 12.1 Å². The van der Waals surface area contributed by atoms with Gasteiger partial charge in [0.05, 0.1) is 0 Å². The van der Waals surface area contributed by atoms with Crippen molar-refractivity contribution < 1.29 is 9.84 Å². The molecule has 1 aromatic carbocycles. The van der Waals surface area contributed by atoms with Crippen molar-refractivity contribution in [2.75, 3.05) is 0 Å². The molecule has 1 N–H and O–H groups in total. The smallest absolute Gasteiger partial charge is 0.194 e. The van der Waals surface area contributed by atoms with E-state index in [0.29, 0.717) is 5.75 Å². The number of hydrogen-bond acceptors (Lipinski definition) is 2. The lowest BCUT2D eigenvalue weighted by Gasteiger charge is -2.07. The van der Waals surface area contributed by atoms with Gasteiger partial charge in [-0.2, -0.15) is 0 Å². The Morgan fingerprint density at radius 1 is 1.55 bits per heavy atom. The molecule has 0 radical (unpaired) electrons. The summed E-state index contributed by atoms with van der Waals surface area (Å²) in [5.74, 6) is 0.661. The fourth-order valence-electron chi connectivity index (χ4n) is 0.737. The van der Waals surface area contributed by atoms with Crippen molar-refractivity contribution >= 4 is 15.9 Å². The van der Waals surface area contributed by atoms with Crippen LogP contribution in [0.5, 0.6) is 5.75 Å². The largest absolute Gasteiger partial charge is 0.465 e. The standard InChI is InChI=1S/C8H9BrO2/c1-6(10)11-8-4-2-3-7(9)5-8/h2-6,10H,1H3. The van der Waals surface area contributed by atoms with Crippen molar-refractivity contribution in [2.24, 2.45) is 0 Å². The van der Waals surface area contributed by atoms with Crippen LogP contribution in [0, 0.1) is 0 Å². The van der Waals surface area contributed by atoms with Crippen LogP contribution in [0.25, 0.3) is 0 Å². The average Bonchev–Trinajstić information content (AvgIpc) is 1.85. The van der Waals surface area contributed by atoms with E-state index in [9.17, 15) is 0 Å². The monoisotopic (exact) mass is 216 g/mol. The van der Waals surface area contributed by atoms with E-state index in [1.54, 1.807) is 19.1 Å². The Balaban J connectivity index is 2.71. The third-order valence-corrected chi connectivity index (χ3v) is 1.60.